The van der Waals surface area contributed by atoms with Crippen LogP contribution in [0, 0.1) is 0 Å². The maximum Gasteiger partial charge on any atom is 0.323 e. The second kappa shape index (κ2) is 9.90. The molecule has 8 nitrogen and oxygen atoms in total. The predicted molar refractivity (Wildman–Crippen MR) is 121 cm³/mol. The molecule has 0 saturated carbocycles. The Labute approximate surface area is 181 Å². The van der Waals surface area contributed by atoms with E-state index in [4.69, 9.17) is 9.47 Å². The Kier molecular flexibility index (Phi) is 6.59. The SMILES string of the molecule is CCOc1ccc(NC(=O)Nc2cccc(-c3ccc(N4CCOCC4)nn3)c2)cc1. The van der Waals surface area contributed by atoms with E-state index in [9.17, 15) is 4.79 Å². The molecule has 160 valence electrons. The van der Waals surface area contributed by atoms with Crippen LogP contribution in [0.5, 0.6) is 5.75 Å². The van der Waals surface area contributed by atoms with E-state index < -0.39 is 0 Å². The monoisotopic (exact) mass is 419 g/mol. The summed E-state index contributed by atoms with van der Waals surface area (Å²) in [5.41, 5.74) is 2.97. The molecule has 2 amide bonds. The summed E-state index contributed by atoms with van der Waals surface area (Å²) in [6, 6.07) is 18.3. The van der Waals surface area contributed by atoms with E-state index in [1.165, 1.54) is 0 Å². The highest BCUT2D eigenvalue weighted by Gasteiger charge is 2.13. The van der Waals surface area contributed by atoms with Crippen LogP contribution in [0.1, 0.15) is 6.92 Å². The lowest BCUT2D eigenvalue weighted by molar-refractivity contribution is 0.122. The number of morpholine rings is 1. The number of carbonyl (C=O) groups is 1. The maximum absolute atomic E-state index is 12.4. The van der Waals surface area contributed by atoms with Crippen LogP contribution in [0.4, 0.5) is 22.0 Å². The maximum atomic E-state index is 12.4. The van der Waals surface area contributed by atoms with Gasteiger partial charge in [0.2, 0.25) is 0 Å². The molecule has 31 heavy (non-hydrogen) atoms. The smallest absolute Gasteiger partial charge is 0.323 e. The van der Waals surface area contributed by atoms with Crippen molar-refractivity contribution < 1.29 is 14.3 Å². The Bertz CT molecular complexity index is 1000. The Morgan fingerprint density at radius 2 is 1.77 bits per heavy atom. The van der Waals surface area contributed by atoms with Gasteiger partial charge in [-0.15, -0.1) is 10.2 Å². The first kappa shape index (κ1) is 20.6. The van der Waals surface area contributed by atoms with E-state index >= 15 is 0 Å². The lowest BCUT2D eigenvalue weighted by atomic mass is 10.1. The normalized spacial score (nSPS) is 13.5. The molecule has 2 N–H and O–H groups in total. The minimum atomic E-state index is -0.324. The molecule has 1 fully saturated rings. The molecule has 1 saturated heterocycles. The first-order valence-corrected chi connectivity index (χ1v) is 10.3. The topological polar surface area (TPSA) is 88.6 Å². The first-order chi connectivity index (χ1) is 15.2. The van der Waals surface area contributed by atoms with Crippen molar-refractivity contribution in [3.8, 4) is 17.0 Å². The average Bonchev–Trinajstić information content (AvgIpc) is 2.81. The van der Waals surface area contributed by atoms with Crippen LogP contribution in [-0.4, -0.2) is 49.1 Å². The second-order valence-electron chi connectivity index (χ2n) is 6.99. The fourth-order valence-electron chi connectivity index (χ4n) is 3.29. The molecule has 0 unspecified atom stereocenters. The van der Waals surface area contributed by atoms with Crippen molar-refractivity contribution in [2.75, 3.05) is 48.4 Å². The van der Waals surface area contributed by atoms with E-state index in [-0.39, 0.29) is 6.03 Å². The Morgan fingerprint density at radius 3 is 2.48 bits per heavy atom. The van der Waals surface area contributed by atoms with Crippen LogP contribution in [0.3, 0.4) is 0 Å². The summed E-state index contributed by atoms with van der Waals surface area (Å²) in [6.45, 7) is 5.57. The van der Waals surface area contributed by atoms with Gasteiger partial charge in [0.25, 0.3) is 0 Å². The number of carbonyl (C=O) groups excluding carboxylic acids is 1. The number of nitrogens with zero attached hydrogens (tertiary/aromatic N) is 3. The molecule has 1 aliphatic heterocycles. The molecule has 0 bridgehead atoms. The van der Waals surface area contributed by atoms with Gasteiger partial charge in [-0.2, -0.15) is 0 Å². The minimum absolute atomic E-state index is 0.324. The van der Waals surface area contributed by atoms with Gasteiger partial charge in [-0.05, 0) is 55.5 Å². The van der Waals surface area contributed by atoms with E-state index in [1.807, 2.05) is 55.5 Å². The third-order valence-corrected chi connectivity index (χ3v) is 4.82. The third-order valence-electron chi connectivity index (χ3n) is 4.82. The number of anilines is 3. The lowest BCUT2D eigenvalue weighted by Crippen LogP contribution is -2.36. The van der Waals surface area contributed by atoms with Gasteiger partial charge < -0.3 is 25.0 Å². The molecule has 1 aromatic heterocycles. The Morgan fingerprint density at radius 1 is 1.00 bits per heavy atom. The fourth-order valence-corrected chi connectivity index (χ4v) is 3.29. The van der Waals surface area contributed by atoms with Gasteiger partial charge in [-0.25, -0.2) is 4.79 Å². The number of urea groups is 1. The minimum Gasteiger partial charge on any atom is -0.494 e. The molecule has 0 aliphatic carbocycles. The summed E-state index contributed by atoms with van der Waals surface area (Å²) >= 11 is 0. The number of rotatable bonds is 6. The molecular formula is C23H25N5O3. The molecule has 0 spiro atoms. The Balaban J connectivity index is 1.39. The van der Waals surface area contributed by atoms with Crippen LogP contribution in [0.2, 0.25) is 0 Å². The Hall–Kier alpha value is -3.65. The molecule has 0 atom stereocenters. The van der Waals surface area contributed by atoms with Gasteiger partial charge >= 0.3 is 6.03 Å². The summed E-state index contributed by atoms with van der Waals surface area (Å²) in [5.74, 6) is 1.61. The van der Waals surface area contributed by atoms with Crippen molar-refractivity contribution in [2.24, 2.45) is 0 Å². The number of aromatic nitrogens is 2. The summed E-state index contributed by atoms with van der Waals surface area (Å²) in [6.07, 6.45) is 0. The van der Waals surface area contributed by atoms with Crippen LogP contribution < -0.4 is 20.3 Å². The number of ether oxygens (including phenoxy) is 2. The van der Waals surface area contributed by atoms with Crippen molar-refractivity contribution in [2.45, 2.75) is 6.92 Å². The third kappa shape index (κ3) is 5.49. The summed E-state index contributed by atoms with van der Waals surface area (Å²) in [4.78, 5) is 14.5. The van der Waals surface area contributed by atoms with Crippen LogP contribution >= 0.6 is 0 Å². The zero-order valence-electron chi connectivity index (χ0n) is 17.4. The highest BCUT2D eigenvalue weighted by molar-refractivity contribution is 6.00. The number of amides is 2. The van der Waals surface area contributed by atoms with Crippen molar-refractivity contribution in [1.82, 2.24) is 10.2 Å². The van der Waals surface area contributed by atoms with Crippen molar-refractivity contribution >= 4 is 23.2 Å². The standard InChI is InChI=1S/C23H25N5O3/c1-2-31-20-8-6-18(7-9-20)24-23(29)25-19-5-3-4-17(16-19)21-10-11-22(27-26-21)28-12-14-30-15-13-28/h3-11,16H,2,12-15H2,1H3,(H2,24,25,29). The molecule has 3 aromatic rings. The molecule has 8 heteroatoms. The summed E-state index contributed by atoms with van der Waals surface area (Å²) in [7, 11) is 0. The summed E-state index contributed by atoms with van der Waals surface area (Å²) < 4.78 is 10.8. The fraction of sp³-hybridized carbons (Fsp3) is 0.261. The first-order valence-electron chi connectivity index (χ1n) is 10.3. The van der Waals surface area contributed by atoms with Gasteiger partial charge in [0.1, 0.15) is 5.75 Å². The second-order valence-corrected chi connectivity index (χ2v) is 6.99. The molecule has 0 radical (unpaired) electrons. The molecule has 2 heterocycles. The molecule has 4 rings (SSSR count). The highest BCUT2D eigenvalue weighted by atomic mass is 16.5. The van der Waals surface area contributed by atoms with E-state index in [2.05, 4.69) is 25.7 Å². The largest absolute Gasteiger partial charge is 0.494 e. The predicted octanol–water partition coefficient (Wildman–Crippen LogP) is 4.02. The number of benzene rings is 2. The molecule has 2 aromatic carbocycles. The van der Waals surface area contributed by atoms with Crippen LogP contribution in [-0.2, 0) is 4.74 Å². The van der Waals surface area contributed by atoms with Crippen molar-refractivity contribution in [3.05, 3.63) is 60.7 Å². The number of hydrogen-bond donors (Lipinski definition) is 2. The highest BCUT2D eigenvalue weighted by Crippen LogP contribution is 2.23. The zero-order chi connectivity index (χ0) is 21.5. The van der Waals surface area contributed by atoms with Gasteiger partial charge in [0, 0.05) is 30.0 Å². The van der Waals surface area contributed by atoms with Crippen molar-refractivity contribution in [3.63, 3.8) is 0 Å². The van der Waals surface area contributed by atoms with Gasteiger partial charge in [-0.3, -0.25) is 0 Å². The molecular weight excluding hydrogens is 394 g/mol. The van der Waals surface area contributed by atoms with E-state index in [0.29, 0.717) is 31.2 Å². The summed E-state index contributed by atoms with van der Waals surface area (Å²) in [5, 5.41) is 14.4. The number of hydrogen-bond acceptors (Lipinski definition) is 6. The van der Waals surface area contributed by atoms with E-state index in [0.717, 1.165) is 35.9 Å². The van der Waals surface area contributed by atoms with Crippen LogP contribution in [0.15, 0.2) is 60.7 Å². The quantitative estimate of drug-likeness (QED) is 0.627. The lowest BCUT2D eigenvalue weighted by Gasteiger charge is -2.27. The van der Waals surface area contributed by atoms with Crippen LogP contribution in [0.25, 0.3) is 11.3 Å². The van der Waals surface area contributed by atoms with Gasteiger partial charge in [-0.1, -0.05) is 12.1 Å². The zero-order valence-corrected chi connectivity index (χ0v) is 17.4. The number of nitrogens with one attached hydrogen (secondary N) is 2. The van der Waals surface area contributed by atoms with Crippen molar-refractivity contribution in [1.29, 1.82) is 0 Å². The van der Waals surface area contributed by atoms with Gasteiger partial charge in [0.15, 0.2) is 5.82 Å². The van der Waals surface area contributed by atoms with E-state index in [1.54, 1.807) is 12.1 Å². The molecule has 1 aliphatic rings. The van der Waals surface area contributed by atoms with Gasteiger partial charge in [0.05, 0.1) is 25.5 Å². The average molecular weight is 419 g/mol.